The van der Waals surface area contributed by atoms with Crippen LogP contribution in [0, 0.1) is 6.92 Å². The number of aromatic nitrogens is 2. The summed E-state index contributed by atoms with van der Waals surface area (Å²) < 4.78 is 5.53. The summed E-state index contributed by atoms with van der Waals surface area (Å²) in [5.74, 6) is 0.992. The first kappa shape index (κ1) is 19.8. The van der Waals surface area contributed by atoms with Gasteiger partial charge in [0.15, 0.2) is 0 Å². The summed E-state index contributed by atoms with van der Waals surface area (Å²) in [6, 6.07) is 14.9. The van der Waals surface area contributed by atoms with Crippen molar-refractivity contribution in [3.8, 4) is 11.4 Å². The fraction of sp³-hybridized carbons (Fsp3) is 0.304. The molecule has 2 amide bonds. The van der Waals surface area contributed by atoms with E-state index in [0.717, 1.165) is 30.5 Å². The third kappa shape index (κ3) is 4.40. The van der Waals surface area contributed by atoms with Crippen LogP contribution in [0.3, 0.4) is 0 Å². The fourth-order valence-corrected chi connectivity index (χ4v) is 3.67. The van der Waals surface area contributed by atoms with Crippen LogP contribution in [0.15, 0.2) is 53.1 Å². The lowest BCUT2D eigenvalue weighted by atomic mass is 9.97. The minimum Gasteiger partial charge on any atom is -0.339 e. The Morgan fingerprint density at radius 2 is 1.83 bits per heavy atom. The molecule has 0 bridgehead atoms. The Morgan fingerprint density at radius 3 is 2.53 bits per heavy atom. The van der Waals surface area contributed by atoms with Gasteiger partial charge in [0.25, 0.3) is 5.91 Å². The number of nitrogens with zero attached hydrogens (tertiary/aromatic N) is 3. The lowest BCUT2D eigenvalue weighted by Crippen LogP contribution is -2.39. The van der Waals surface area contributed by atoms with E-state index in [1.807, 2.05) is 48.2 Å². The predicted molar refractivity (Wildman–Crippen MR) is 113 cm³/mol. The molecule has 2 heterocycles. The van der Waals surface area contributed by atoms with E-state index in [1.165, 1.54) is 6.92 Å². The SMILES string of the molecule is CC(=O)Nc1ccc(-c2noc(C3CCCN(C(=O)c4ccc(C)cc4)C3)n2)cc1. The second-order valence-electron chi connectivity index (χ2n) is 7.67. The van der Waals surface area contributed by atoms with Crippen LogP contribution >= 0.6 is 0 Å². The summed E-state index contributed by atoms with van der Waals surface area (Å²) in [5.41, 5.74) is 3.35. The van der Waals surface area contributed by atoms with E-state index in [9.17, 15) is 9.59 Å². The van der Waals surface area contributed by atoms with Crippen LogP contribution in [-0.4, -0.2) is 39.9 Å². The van der Waals surface area contributed by atoms with Crippen molar-refractivity contribution >= 4 is 17.5 Å². The summed E-state index contributed by atoms with van der Waals surface area (Å²) in [7, 11) is 0. The summed E-state index contributed by atoms with van der Waals surface area (Å²) in [6.07, 6.45) is 1.80. The molecule has 154 valence electrons. The molecular formula is C23H24N4O3. The highest BCUT2D eigenvalue weighted by Crippen LogP contribution is 2.28. The number of rotatable bonds is 4. The molecule has 1 N–H and O–H groups in total. The fourth-order valence-electron chi connectivity index (χ4n) is 3.67. The van der Waals surface area contributed by atoms with E-state index in [1.54, 1.807) is 12.1 Å². The number of hydrogen-bond donors (Lipinski definition) is 1. The van der Waals surface area contributed by atoms with Crippen molar-refractivity contribution in [3.05, 3.63) is 65.5 Å². The van der Waals surface area contributed by atoms with E-state index >= 15 is 0 Å². The molecule has 1 aliphatic heterocycles. The zero-order valence-corrected chi connectivity index (χ0v) is 17.1. The van der Waals surface area contributed by atoms with Crippen molar-refractivity contribution in [2.45, 2.75) is 32.6 Å². The first-order chi connectivity index (χ1) is 14.5. The van der Waals surface area contributed by atoms with Gasteiger partial charge in [-0.3, -0.25) is 9.59 Å². The number of benzene rings is 2. The van der Waals surface area contributed by atoms with Crippen molar-refractivity contribution in [2.75, 3.05) is 18.4 Å². The van der Waals surface area contributed by atoms with Crippen LogP contribution in [0.4, 0.5) is 5.69 Å². The Bertz CT molecular complexity index is 1040. The van der Waals surface area contributed by atoms with Crippen LogP contribution in [0.5, 0.6) is 0 Å². The largest absolute Gasteiger partial charge is 0.339 e. The molecule has 1 atom stereocenters. The highest BCUT2D eigenvalue weighted by molar-refractivity contribution is 5.94. The Morgan fingerprint density at radius 1 is 1.10 bits per heavy atom. The van der Waals surface area contributed by atoms with Crippen LogP contribution in [-0.2, 0) is 4.79 Å². The topological polar surface area (TPSA) is 88.3 Å². The molecule has 3 aromatic rings. The molecule has 1 aromatic heterocycles. The van der Waals surface area contributed by atoms with E-state index in [2.05, 4.69) is 15.5 Å². The number of nitrogens with one attached hydrogen (secondary N) is 1. The number of hydrogen-bond acceptors (Lipinski definition) is 5. The second-order valence-corrected chi connectivity index (χ2v) is 7.67. The molecule has 2 aromatic carbocycles. The van der Waals surface area contributed by atoms with Crippen molar-refractivity contribution < 1.29 is 14.1 Å². The maximum absolute atomic E-state index is 12.9. The lowest BCUT2D eigenvalue weighted by molar-refractivity contribution is -0.114. The number of piperidine rings is 1. The lowest BCUT2D eigenvalue weighted by Gasteiger charge is -2.31. The Kier molecular flexibility index (Phi) is 5.61. The van der Waals surface area contributed by atoms with Crippen LogP contribution in [0.1, 0.15) is 47.5 Å². The van der Waals surface area contributed by atoms with Gasteiger partial charge < -0.3 is 14.7 Å². The highest BCUT2D eigenvalue weighted by Gasteiger charge is 2.29. The van der Waals surface area contributed by atoms with Crippen molar-refractivity contribution in [2.24, 2.45) is 0 Å². The van der Waals surface area contributed by atoms with Crippen molar-refractivity contribution in [1.29, 1.82) is 0 Å². The molecule has 1 aliphatic rings. The minimum atomic E-state index is -0.119. The number of aryl methyl sites for hydroxylation is 1. The Hall–Kier alpha value is -3.48. The van der Waals surface area contributed by atoms with E-state index < -0.39 is 0 Å². The molecule has 1 unspecified atom stereocenters. The molecule has 1 fully saturated rings. The van der Waals surface area contributed by atoms with Crippen LogP contribution in [0.2, 0.25) is 0 Å². The normalized spacial score (nSPS) is 16.3. The molecule has 7 heteroatoms. The van der Waals surface area contributed by atoms with E-state index in [-0.39, 0.29) is 17.7 Å². The molecule has 0 spiro atoms. The van der Waals surface area contributed by atoms with Gasteiger partial charge in [0.1, 0.15) is 0 Å². The minimum absolute atomic E-state index is 0.0213. The smallest absolute Gasteiger partial charge is 0.253 e. The summed E-state index contributed by atoms with van der Waals surface area (Å²) in [6.45, 7) is 4.77. The molecular weight excluding hydrogens is 380 g/mol. The predicted octanol–water partition coefficient (Wildman–Crippen LogP) is 4.02. The number of likely N-dealkylation sites (tertiary alicyclic amines) is 1. The van der Waals surface area contributed by atoms with Crippen LogP contribution < -0.4 is 5.32 Å². The van der Waals surface area contributed by atoms with Gasteiger partial charge in [-0.25, -0.2) is 0 Å². The van der Waals surface area contributed by atoms with Crippen molar-refractivity contribution in [3.63, 3.8) is 0 Å². The van der Waals surface area contributed by atoms with E-state index in [4.69, 9.17) is 4.52 Å². The zero-order chi connectivity index (χ0) is 21.1. The van der Waals surface area contributed by atoms with Gasteiger partial charge in [-0.05, 0) is 56.2 Å². The number of carbonyl (C=O) groups excluding carboxylic acids is 2. The van der Waals surface area contributed by atoms with Gasteiger partial charge in [0.05, 0.1) is 5.92 Å². The standard InChI is InChI=1S/C23H24N4O3/c1-15-5-7-18(8-6-15)23(29)27-13-3-4-19(14-27)22-25-21(26-30-22)17-9-11-20(12-10-17)24-16(2)28/h5-12,19H,3-4,13-14H2,1-2H3,(H,24,28). The maximum Gasteiger partial charge on any atom is 0.253 e. The number of anilines is 1. The first-order valence-electron chi connectivity index (χ1n) is 10.1. The third-order valence-electron chi connectivity index (χ3n) is 5.26. The molecule has 0 aliphatic carbocycles. The zero-order valence-electron chi connectivity index (χ0n) is 17.1. The number of carbonyl (C=O) groups is 2. The van der Waals surface area contributed by atoms with Crippen LogP contribution in [0.25, 0.3) is 11.4 Å². The summed E-state index contributed by atoms with van der Waals surface area (Å²) in [5, 5.41) is 6.84. The average molecular weight is 404 g/mol. The molecule has 30 heavy (non-hydrogen) atoms. The third-order valence-corrected chi connectivity index (χ3v) is 5.26. The molecule has 7 nitrogen and oxygen atoms in total. The molecule has 1 saturated heterocycles. The maximum atomic E-state index is 12.9. The molecule has 4 rings (SSSR count). The molecule has 0 radical (unpaired) electrons. The van der Waals surface area contributed by atoms with Gasteiger partial charge in [-0.1, -0.05) is 22.9 Å². The first-order valence-corrected chi connectivity index (χ1v) is 10.1. The monoisotopic (exact) mass is 404 g/mol. The van der Waals surface area contributed by atoms with Crippen molar-refractivity contribution in [1.82, 2.24) is 15.0 Å². The molecule has 0 saturated carbocycles. The second kappa shape index (κ2) is 8.49. The summed E-state index contributed by atoms with van der Waals surface area (Å²) in [4.78, 5) is 30.4. The van der Waals surface area contributed by atoms with Gasteiger partial charge in [-0.15, -0.1) is 0 Å². The quantitative estimate of drug-likeness (QED) is 0.709. The van der Waals surface area contributed by atoms with E-state index in [0.29, 0.717) is 29.5 Å². The van der Waals surface area contributed by atoms with Gasteiger partial charge in [0, 0.05) is 36.8 Å². The summed E-state index contributed by atoms with van der Waals surface area (Å²) >= 11 is 0. The Balaban J connectivity index is 1.45. The Labute approximate surface area is 175 Å². The van der Waals surface area contributed by atoms with Gasteiger partial charge >= 0.3 is 0 Å². The van der Waals surface area contributed by atoms with Gasteiger partial charge in [-0.2, -0.15) is 4.98 Å². The van der Waals surface area contributed by atoms with Gasteiger partial charge in [0.2, 0.25) is 17.6 Å². The highest BCUT2D eigenvalue weighted by atomic mass is 16.5. The average Bonchev–Trinajstić information content (AvgIpc) is 3.24. The number of amides is 2.